The van der Waals surface area contributed by atoms with Crippen LogP contribution >= 0.6 is 0 Å². The Kier molecular flexibility index (Phi) is 11.1. The highest BCUT2D eigenvalue weighted by atomic mass is 16.5. The number of nitrogens with one attached hydrogen (secondary N) is 2. The van der Waals surface area contributed by atoms with Gasteiger partial charge in [0.25, 0.3) is 5.91 Å². The van der Waals surface area contributed by atoms with Gasteiger partial charge in [-0.1, -0.05) is 80.6 Å². The van der Waals surface area contributed by atoms with Gasteiger partial charge in [-0.25, -0.2) is 9.78 Å². The van der Waals surface area contributed by atoms with E-state index in [1.165, 1.54) is 32.1 Å². The molecule has 0 unspecified atom stereocenters. The second-order valence-corrected chi connectivity index (χ2v) is 13.1. The zero-order chi connectivity index (χ0) is 33.3. The minimum absolute atomic E-state index is 0.0195. The molecule has 250 valence electrons. The molecule has 0 radical (unpaired) electrons. The van der Waals surface area contributed by atoms with Gasteiger partial charge in [-0.15, -0.1) is 0 Å². The lowest BCUT2D eigenvalue weighted by atomic mass is 9.87. The molecule has 2 aliphatic rings. The van der Waals surface area contributed by atoms with E-state index in [0.717, 1.165) is 47.2 Å². The third kappa shape index (κ3) is 8.11. The van der Waals surface area contributed by atoms with Crippen molar-refractivity contribution >= 4 is 34.4 Å². The second-order valence-electron chi connectivity index (χ2n) is 13.1. The zero-order valence-electron chi connectivity index (χ0n) is 27.9. The number of rotatable bonds is 11. The summed E-state index contributed by atoms with van der Waals surface area (Å²) < 4.78 is 5.05. The van der Waals surface area contributed by atoms with Crippen LogP contribution in [0.1, 0.15) is 84.6 Å². The Morgan fingerprint density at radius 2 is 1.56 bits per heavy atom. The summed E-state index contributed by atoms with van der Waals surface area (Å²) in [6.07, 6.45) is 8.85. The van der Waals surface area contributed by atoms with Crippen LogP contribution in [0.3, 0.4) is 0 Å². The van der Waals surface area contributed by atoms with Crippen molar-refractivity contribution in [1.82, 2.24) is 15.2 Å². The SMILES string of the molecule is CCOC(=O)c1ccc(NC(=O)C2CCN(Cc3c(-c4ccccc4)nc4ccccc4c3C(=O)NCCC3CCCCC3)CC2)cc1. The maximum absolute atomic E-state index is 14.1. The third-order valence-corrected chi connectivity index (χ3v) is 9.83. The number of anilines is 1. The van der Waals surface area contributed by atoms with Gasteiger partial charge in [0.15, 0.2) is 0 Å². The molecular weight excluding hydrogens is 600 g/mol. The monoisotopic (exact) mass is 646 g/mol. The quantitative estimate of drug-likeness (QED) is 0.163. The summed E-state index contributed by atoms with van der Waals surface area (Å²) in [5.41, 5.74) is 5.37. The van der Waals surface area contributed by atoms with Gasteiger partial charge in [-0.2, -0.15) is 0 Å². The summed E-state index contributed by atoms with van der Waals surface area (Å²) in [7, 11) is 0. The van der Waals surface area contributed by atoms with Gasteiger partial charge in [0.1, 0.15) is 0 Å². The van der Waals surface area contributed by atoms with E-state index in [9.17, 15) is 14.4 Å². The normalized spacial score (nSPS) is 16.0. The third-order valence-electron chi connectivity index (χ3n) is 9.83. The molecule has 2 amide bonds. The highest BCUT2D eigenvalue weighted by molar-refractivity contribution is 6.09. The number of benzene rings is 3. The van der Waals surface area contributed by atoms with Crippen LogP contribution in [0.5, 0.6) is 0 Å². The summed E-state index contributed by atoms with van der Waals surface area (Å²) in [5, 5.41) is 7.18. The van der Waals surface area contributed by atoms with E-state index in [2.05, 4.69) is 27.7 Å². The summed E-state index contributed by atoms with van der Waals surface area (Å²) in [6.45, 7) is 4.78. The fourth-order valence-corrected chi connectivity index (χ4v) is 7.18. The molecule has 6 rings (SSSR count). The Bertz CT molecular complexity index is 1710. The van der Waals surface area contributed by atoms with E-state index in [4.69, 9.17) is 9.72 Å². The predicted molar refractivity (Wildman–Crippen MR) is 190 cm³/mol. The van der Waals surface area contributed by atoms with Crippen molar-refractivity contribution in [2.75, 3.05) is 31.6 Å². The van der Waals surface area contributed by atoms with Gasteiger partial charge in [0, 0.05) is 41.2 Å². The number of piperidine rings is 1. The number of amides is 2. The number of nitrogens with zero attached hydrogens (tertiary/aromatic N) is 2. The molecule has 1 saturated carbocycles. The Labute approximate surface area is 283 Å². The van der Waals surface area contributed by atoms with Crippen molar-refractivity contribution in [3.63, 3.8) is 0 Å². The number of ether oxygens (including phenoxy) is 1. The van der Waals surface area contributed by atoms with Gasteiger partial charge in [-0.05, 0) is 75.5 Å². The first-order valence-corrected chi connectivity index (χ1v) is 17.6. The van der Waals surface area contributed by atoms with Crippen LogP contribution < -0.4 is 10.6 Å². The average Bonchev–Trinajstić information content (AvgIpc) is 3.12. The first kappa shape index (κ1) is 33.3. The number of carbonyl (C=O) groups excluding carboxylic acids is 3. The van der Waals surface area contributed by atoms with Crippen LogP contribution in [0, 0.1) is 11.8 Å². The van der Waals surface area contributed by atoms with E-state index in [1.807, 2.05) is 42.5 Å². The van der Waals surface area contributed by atoms with E-state index < -0.39 is 0 Å². The number of fused-ring (bicyclic) bond motifs is 1. The molecule has 2 heterocycles. The molecule has 8 nitrogen and oxygen atoms in total. The smallest absolute Gasteiger partial charge is 0.338 e. The molecule has 2 fully saturated rings. The minimum atomic E-state index is -0.375. The number of para-hydroxylation sites is 1. The van der Waals surface area contributed by atoms with Crippen molar-refractivity contribution < 1.29 is 19.1 Å². The highest BCUT2D eigenvalue weighted by Crippen LogP contribution is 2.33. The van der Waals surface area contributed by atoms with Crippen LogP contribution in [0.15, 0.2) is 78.9 Å². The van der Waals surface area contributed by atoms with Crippen molar-refractivity contribution in [3.8, 4) is 11.3 Å². The Hall–Kier alpha value is -4.56. The van der Waals surface area contributed by atoms with Crippen molar-refractivity contribution in [3.05, 3.63) is 95.6 Å². The van der Waals surface area contributed by atoms with E-state index in [1.54, 1.807) is 31.2 Å². The molecule has 0 bridgehead atoms. The molecule has 2 N–H and O–H groups in total. The number of likely N-dealkylation sites (tertiary alicyclic amines) is 1. The van der Waals surface area contributed by atoms with Crippen LogP contribution in [-0.2, 0) is 16.1 Å². The van der Waals surface area contributed by atoms with Crippen molar-refractivity contribution in [2.45, 2.75) is 64.8 Å². The summed E-state index contributed by atoms with van der Waals surface area (Å²) >= 11 is 0. The van der Waals surface area contributed by atoms with Crippen molar-refractivity contribution in [2.24, 2.45) is 11.8 Å². The van der Waals surface area contributed by atoms with Gasteiger partial charge in [0.2, 0.25) is 5.91 Å². The number of pyridine rings is 1. The fourth-order valence-electron chi connectivity index (χ4n) is 7.18. The fraction of sp³-hybridized carbons (Fsp3) is 0.400. The molecular formula is C40H46N4O4. The van der Waals surface area contributed by atoms with Crippen LogP contribution in [0.2, 0.25) is 0 Å². The molecule has 1 aromatic heterocycles. The number of aromatic nitrogens is 1. The molecule has 8 heteroatoms. The van der Waals surface area contributed by atoms with E-state index in [0.29, 0.717) is 55.3 Å². The average molecular weight is 647 g/mol. The molecule has 1 aliphatic carbocycles. The van der Waals surface area contributed by atoms with Gasteiger partial charge in [0.05, 0.1) is 28.9 Å². The van der Waals surface area contributed by atoms with Crippen molar-refractivity contribution in [1.29, 1.82) is 0 Å². The maximum Gasteiger partial charge on any atom is 0.338 e. The lowest BCUT2D eigenvalue weighted by molar-refractivity contribution is -0.121. The van der Waals surface area contributed by atoms with Gasteiger partial charge in [-0.3, -0.25) is 14.5 Å². The number of hydrogen-bond donors (Lipinski definition) is 2. The highest BCUT2D eigenvalue weighted by Gasteiger charge is 2.28. The van der Waals surface area contributed by atoms with Crippen LogP contribution in [0.4, 0.5) is 5.69 Å². The largest absolute Gasteiger partial charge is 0.462 e. The Morgan fingerprint density at radius 1 is 0.854 bits per heavy atom. The Balaban J connectivity index is 1.18. The lowest BCUT2D eigenvalue weighted by Gasteiger charge is -2.32. The molecule has 48 heavy (non-hydrogen) atoms. The van der Waals surface area contributed by atoms with Crippen LogP contribution in [0.25, 0.3) is 22.2 Å². The summed E-state index contributed by atoms with van der Waals surface area (Å²) in [4.78, 5) is 46.8. The standard InChI is InChI=1S/C40H46N4O4/c1-2-48-40(47)31-17-19-32(20-18-31)42-38(45)30-22-25-44(26-23-30)27-34-36(39(46)41-24-21-28-11-5-3-6-12-28)33-15-9-10-16-35(33)43-37(34)29-13-7-4-8-14-29/h4,7-10,13-20,28,30H,2-3,5-6,11-12,21-27H2,1H3,(H,41,46)(H,42,45). The summed E-state index contributed by atoms with van der Waals surface area (Å²) in [6, 6.07) is 24.9. The first-order valence-electron chi connectivity index (χ1n) is 17.6. The molecule has 0 atom stereocenters. The zero-order valence-corrected chi connectivity index (χ0v) is 27.9. The molecule has 4 aromatic rings. The van der Waals surface area contributed by atoms with E-state index in [-0.39, 0.29) is 23.7 Å². The lowest BCUT2D eigenvalue weighted by Crippen LogP contribution is -2.38. The van der Waals surface area contributed by atoms with Gasteiger partial charge >= 0.3 is 5.97 Å². The number of hydrogen-bond acceptors (Lipinski definition) is 6. The first-order chi connectivity index (χ1) is 23.5. The minimum Gasteiger partial charge on any atom is -0.462 e. The van der Waals surface area contributed by atoms with E-state index >= 15 is 0 Å². The number of carbonyl (C=O) groups is 3. The molecule has 0 spiro atoms. The molecule has 1 saturated heterocycles. The number of esters is 1. The maximum atomic E-state index is 14.1. The summed E-state index contributed by atoms with van der Waals surface area (Å²) in [5.74, 6) is 0.125. The predicted octanol–water partition coefficient (Wildman–Crippen LogP) is 7.63. The topological polar surface area (TPSA) is 101 Å². The molecule has 1 aliphatic heterocycles. The Morgan fingerprint density at radius 3 is 2.29 bits per heavy atom. The van der Waals surface area contributed by atoms with Gasteiger partial charge < -0.3 is 15.4 Å². The second kappa shape index (κ2) is 16.0. The molecule has 3 aromatic carbocycles. The van der Waals surface area contributed by atoms with Crippen LogP contribution in [-0.4, -0.2) is 53.9 Å².